The van der Waals surface area contributed by atoms with Crippen molar-refractivity contribution in [2.45, 2.75) is 19.8 Å². The van der Waals surface area contributed by atoms with E-state index in [-0.39, 0.29) is 0 Å². The Labute approximate surface area is 74.4 Å². The van der Waals surface area contributed by atoms with Crippen LogP contribution in [-0.4, -0.2) is 38.0 Å². The zero-order valence-corrected chi connectivity index (χ0v) is 7.99. The highest BCUT2D eigenvalue weighted by molar-refractivity contribution is 5.60. The lowest BCUT2D eigenvalue weighted by Crippen LogP contribution is -2.18. The number of ether oxygens (including phenoxy) is 1. The fraction of sp³-hybridized carbons (Fsp3) is 0.889. The van der Waals surface area contributed by atoms with Gasteiger partial charge < -0.3 is 9.75 Å². The average Bonchev–Trinajstić information content (AvgIpc) is 2.16. The Hall–Kier alpha value is -0.570. The van der Waals surface area contributed by atoms with Crippen LogP contribution >= 0.6 is 0 Å². The van der Waals surface area contributed by atoms with E-state index >= 15 is 0 Å². The highest BCUT2D eigenvalue weighted by Crippen LogP contribution is 2.11. The van der Waals surface area contributed by atoms with Crippen LogP contribution in [0.2, 0.25) is 0 Å². The monoisotopic (exact) mass is 170 g/mol. The second-order valence-corrected chi connectivity index (χ2v) is 3.19. The molecule has 3 nitrogen and oxygen atoms in total. The topological polar surface area (TPSA) is 24.8 Å². The Morgan fingerprint density at radius 1 is 1.50 bits per heavy atom. The standard InChI is InChI=1S/C9H18N2O/c1-3-11(2)10-8-9-4-6-12-7-5-9/h8-9H,3-7H2,1-2H3/b10-8+. The van der Waals surface area contributed by atoms with Gasteiger partial charge >= 0.3 is 0 Å². The highest BCUT2D eigenvalue weighted by atomic mass is 16.5. The minimum atomic E-state index is 0.632. The van der Waals surface area contributed by atoms with Crippen LogP contribution in [0.3, 0.4) is 0 Å². The number of rotatable bonds is 3. The molecule has 12 heavy (non-hydrogen) atoms. The van der Waals surface area contributed by atoms with Crippen molar-refractivity contribution in [1.82, 2.24) is 5.01 Å². The van der Waals surface area contributed by atoms with Crippen LogP contribution in [-0.2, 0) is 4.74 Å². The fourth-order valence-corrected chi connectivity index (χ4v) is 1.15. The third-order valence-electron chi connectivity index (χ3n) is 2.20. The molecule has 1 aliphatic heterocycles. The minimum Gasteiger partial charge on any atom is -0.381 e. The van der Waals surface area contributed by atoms with Gasteiger partial charge in [-0.2, -0.15) is 5.10 Å². The molecule has 0 bridgehead atoms. The molecule has 0 N–H and O–H groups in total. The first-order valence-corrected chi connectivity index (χ1v) is 4.66. The molecule has 1 heterocycles. The SMILES string of the molecule is CCN(C)/N=C/C1CCOCC1. The van der Waals surface area contributed by atoms with Gasteiger partial charge in [-0.15, -0.1) is 0 Å². The zero-order valence-electron chi connectivity index (χ0n) is 7.99. The molecule has 1 rings (SSSR count). The van der Waals surface area contributed by atoms with E-state index in [1.807, 2.05) is 12.1 Å². The van der Waals surface area contributed by atoms with Gasteiger partial charge in [0, 0.05) is 38.9 Å². The van der Waals surface area contributed by atoms with E-state index in [1.54, 1.807) is 0 Å². The summed E-state index contributed by atoms with van der Waals surface area (Å²) in [4.78, 5) is 0. The van der Waals surface area contributed by atoms with Gasteiger partial charge in [0.1, 0.15) is 0 Å². The van der Waals surface area contributed by atoms with Gasteiger partial charge in [0.05, 0.1) is 0 Å². The van der Waals surface area contributed by atoms with Crippen molar-refractivity contribution in [1.29, 1.82) is 0 Å². The molecule has 0 atom stereocenters. The third kappa shape index (κ3) is 3.22. The number of hydrazone groups is 1. The maximum atomic E-state index is 5.26. The zero-order chi connectivity index (χ0) is 8.81. The van der Waals surface area contributed by atoms with Gasteiger partial charge in [0.2, 0.25) is 0 Å². The molecule has 0 amide bonds. The third-order valence-corrected chi connectivity index (χ3v) is 2.20. The second kappa shape index (κ2) is 5.14. The molecule has 0 aromatic heterocycles. The summed E-state index contributed by atoms with van der Waals surface area (Å²) in [6, 6.07) is 0. The van der Waals surface area contributed by atoms with Crippen LogP contribution < -0.4 is 0 Å². The lowest BCUT2D eigenvalue weighted by atomic mass is 10.0. The first-order chi connectivity index (χ1) is 5.83. The van der Waals surface area contributed by atoms with Crippen LogP contribution in [0.25, 0.3) is 0 Å². The summed E-state index contributed by atoms with van der Waals surface area (Å²) in [6.07, 6.45) is 4.31. The number of hydrogen-bond donors (Lipinski definition) is 0. The molecular formula is C9H18N2O. The Kier molecular flexibility index (Phi) is 4.08. The van der Waals surface area contributed by atoms with Crippen molar-refractivity contribution in [2.75, 3.05) is 26.8 Å². The van der Waals surface area contributed by atoms with E-state index in [2.05, 4.69) is 18.2 Å². The summed E-state index contributed by atoms with van der Waals surface area (Å²) >= 11 is 0. The van der Waals surface area contributed by atoms with Crippen LogP contribution in [0.5, 0.6) is 0 Å². The first-order valence-electron chi connectivity index (χ1n) is 4.66. The number of hydrogen-bond acceptors (Lipinski definition) is 3. The molecule has 0 aromatic rings. The number of nitrogens with zero attached hydrogens (tertiary/aromatic N) is 2. The van der Waals surface area contributed by atoms with Crippen molar-refractivity contribution in [3.8, 4) is 0 Å². The molecule has 0 saturated carbocycles. The lowest BCUT2D eigenvalue weighted by molar-refractivity contribution is 0.0834. The predicted molar refractivity (Wildman–Crippen MR) is 50.3 cm³/mol. The molecule has 70 valence electrons. The minimum absolute atomic E-state index is 0.632. The summed E-state index contributed by atoms with van der Waals surface area (Å²) in [5.74, 6) is 0.632. The summed E-state index contributed by atoms with van der Waals surface area (Å²) in [5.41, 5.74) is 0. The van der Waals surface area contributed by atoms with Crippen LogP contribution in [0, 0.1) is 5.92 Å². The average molecular weight is 170 g/mol. The van der Waals surface area contributed by atoms with Gasteiger partial charge in [0.15, 0.2) is 0 Å². The van der Waals surface area contributed by atoms with E-state index in [4.69, 9.17) is 4.74 Å². The van der Waals surface area contributed by atoms with Gasteiger partial charge in [-0.05, 0) is 19.8 Å². The predicted octanol–water partition coefficient (Wildman–Crippen LogP) is 1.35. The summed E-state index contributed by atoms with van der Waals surface area (Å²) < 4.78 is 5.26. The highest BCUT2D eigenvalue weighted by Gasteiger charge is 2.10. The van der Waals surface area contributed by atoms with Crippen LogP contribution in [0.15, 0.2) is 5.10 Å². The molecule has 0 radical (unpaired) electrons. The van der Waals surface area contributed by atoms with Gasteiger partial charge in [-0.1, -0.05) is 0 Å². The Bertz CT molecular complexity index is 141. The van der Waals surface area contributed by atoms with Crippen molar-refractivity contribution < 1.29 is 4.74 Å². The summed E-state index contributed by atoms with van der Waals surface area (Å²) in [6.45, 7) is 4.86. The van der Waals surface area contributed by atoms with Gasteiger partial charge in [0.25, 0.3) is 0 Å². The molecule has 0 aliphatic carbocycles. The molecule has 1 saturated heterocycles. The van der Waals surface area contributed by atoms with Gasteiger partial charge in [-0.3, -0.25) is 0 Å². The maximum absolute atomic E-state index is 5.26. The fourth-order valence-electron chi connectivity index (χ4n) is 1.15. The maximum Gasteiger partial charge on any atom is 0.0472 e. The van der Waals surface area contributed by atoms with Crippen molar-refractivity contribution in [3.05, 3.63) is 0 Å². The van der Waals surface area contributed by atoms with Crippen molar-refractivity contribution >= 4 is 6.21 Å². The molecule has 1 aliphatic rings. The van der Waals surface area contributed by atoms with Gasteiger partial charge in [-0.25, -0.2) is 0 Å². The molecule has 1 fully saturated rings. The van der Waals surface area contributed by atoms with E-state index in [9.17, 15) is 0 Å². The first kappa shape index (κ1) is 9.52. The second-order valence-electron chi connectivity index (χ2n) is 3.19. The lowest BCUT2D eigenvalue weighted by Gasteiger charge is -2.19. The van der Waals surface area contributed by atoms with E-state index in [0.717, 1.165) is 32.6 Å². The molecular weight excluding hydrogens is 152 g/mol. The molecule has 0 aromatic carbocycles. The smallest absolute Gasteiger partial charge is 0.0472 e. The normalized spacial score (nSPS) is 20.2. The largest absolute Gasteiger partial charge is 0.381 e. The Morgan fingerprint density at radius 3 is 2.75 bits per heavy atom. The Balaban J connectivity index is 2.23. The van der Waals surface area contributed by atoms with Crippen molar-refractivity contribution in [2.24, 2.45) is 11.0 Å². The van der Waals surface area contributed by atoms with Crippen molar-refractivity contribution in [3.63, 3.8) is 0 Å². The summed E-state index contributed by atoms with van der Waals surface area (Å²) in [5, 5.41) is 6.27. The van der Waals surface area contributed by atoms with E-state index < -0.39 is 0 Å². The van der Waals surface area contributed by atoms with E-state index in [0.29, 0.717) is 5.92 Å². The van der Waals surface area contributed by atoms with E-state index in [1.165, 1.54) is 0 Å². The molecule has 0 unspecified atom stereocenters. The summed E-state index contributed by atoms with van der Waals surface area (Å²) in [7, 11) is 2.00. The molecule has 3 heteroatoms. The molecule has 0 spiro atoms. The van der Waals surface area contributed by atoms with Crippen LogP contribution in [0.4, 0.5) is 0 Å². The quantitative estimate of drug-likeness (QED) is 0.472. The van der Waals surface area contributed by atoms with Crippen LogP contribution in [0.1, 0.15) is 19.8 Å². The Morgan fingerprint density at radius 2 is 2.17 bits per heavy atom.